The lowest BCUT2D eigenvalue weighted by molar-refractivity contribution is 0.643. The summed E-state index contributed by atoms with van der Waals surface area (Å²) >= 11 is 0. The van der Waals surface area contributed by atoms with Gasteiger partial charge in [-0.05, 0) is 18.4 Å². The SMILES string of the molecule is C=CCC(P)(CC=C)c1ccccc1. The van der Waals surface area contributed by atoms with Crippen LogP contribution in [0.1, 0.15) is 18.4 Å². The van der Waals surface area contributed by atoms with E-state index in [1.807, 2.05) is 18.2 Å². The van der Waals surface area contributed by atoms with Crippen LogP contribution in [-0.2, 0) is 5.16 Å². The number of benzene rings is 1. The van der Waals surface area contributed by atoms with Crippen LogP contribution in [0.5, 0.6) is 0 Å². The Morgan fingerprint density at radius 1 is 1.07 bits per heavy atom. The third-order valence-electron chi connectivity index (χ3n) is 2.37. The molecule has 1 aromatic carbocycles. The molecule has 0 amide bonds. The van der Waals surface area contributed by atoms with Crippen LogP contribution in [0, 0.1) is 0 Å². The molecule has 0 nitrogen and oxygen atoms in total. The molecule has 0 aromatic heterocycles. The Balaban J connectivity index is 2.98. The van der Waals surface area contributed by atoms with Crippen molar-refractivity contribution in [3.63, 3.8) is 0 Å². The van der Waals surface area contributed by atoms with Crippen molar-refractivity contribution in [1.82, 2.24) is 0 Å². The highest BCUT2D eigenvalue weighted by molar-refractivity contribution is 7.18. The maximum absolute atomic E-state index is 3.81. The minimum atomic E-state index is 0.0742. The van der Waals surface area contributed by atoms with Crippen LogP contribution in [-0.4, -0.2) is 0 Å². The van der Waals surface area contributed by atoms with E-state index in [0.717, 1.165) is 12.8 Å². The summed E-state index contributed by atoms with van der Waals surface area (Å²) < 4.78 is 0. The Morgan fingerprint density at radius 3 is 2.00 bits per heavy atom. The van der Waals surface area contributed by atoms with Gasteiger partial charge in [0, 0.05) is 5.16 Å². The van der Waals surface area contributed by atoms with E-state index in [1.54, 1.807) is 0 Å². The summed E-state index contributed by atoms with van der Waals surface area (Å²) in [4.78, 5) is 0. The van der Waals surface area contributed by atoms with Crippen molar-refractivity contribution in [2.45, 2.75) is 18.0 Å². The molecule has 1 unspecified atom stereocenters. The molecule has 0 saturated carbocycles. The molecule has 0 aliphatic rings. The van der Waals surface area contributed by atoms with E-state index in [-0.39, 0.29) is 5.16 Å². The largest absolute Gasteiger partial charge is 0.126 e. The lowest BCUT2D eigenvalue weighted by Gasteiger charge is -2.27. The van der Waals surface area contributed by atoms with Crippen molar-refractivity contribution in [1.29, 1.82) is 0 Å². The van der Waals surface area contributed by atoms with E-state index < -0.39 is 0 Å². The zero-order valence-corrected chi connectivity index (χ0v) is 9.60. The first-order valence-electron chi connectivity index (χ1n) is 4.79. The van der Waals surface area contributed by atoms with Gasteiger partial charge >= 0.3 is 0 Å². The second-order valence-electron chi connectivity index (χ2n) is 3.51. The van der Waals surface area contributed by atoms with Gasteiger partial charge in [-0.25, -0.2) is 0 Å². The van der Waals surface area contributed by atoms with Crippen LogP contribution >= 0.6 is 9.24 Å². The molecule has 0 aliphatic heterocycles. The standard InChI is InChI=1S/C13H17P/c1-3-10-13(14,11-4-2)12-8-6-5-7-9-12/h3-9H,1-2,10-11,14H2. The second kappa shape index (κ2) is 5.12. The van der Waals surface area contributed by atoms with Crippen molar-refractivity contribution >= 4 is 9.24 Å². The molecule has 0 heterocycles. The van der Waals surface area contributed by atoms with Crippen LogP contribution in [0.3, 0.4) is 0 Å². The number of rotatable bonds is 5. The van der Waals surface area contributed by atoms with Gasteiger partial charge in [-0.3, -0.25) is 0 Å². The summed E-state index contributed by atoms with van der Waals surface area (Å²) in [5.74, 6) is 0. The average molecular weight is 204 g/mol. The summed E-state index contributed by atoms with van der Waals surface area (Å²) in [7, 11) is 2.93. The monoisotopic (exact) mass is 204 g/mol. The number of allylic oxidation sites excluding steroid dienone is 2. The molecule has 0 aliphatic carbocycles. The second-order valence-corrected chi connectivity index (χ2v) is 4.61. The predicted octanol–water partition coefficient (Wildman–Crippen LogP) is 3.91. The van der Waals surface area contributed by atoms with Gasteiger partial charge in [-0.15, -0.1) is 22.4 Å². The van der Waals surface area contributed by atoms with Gasteiger partial charge in [0.05, 0.1) is 0 Å². The Hall–Kier alpha value is -0.870. The fraction of sp³-hybridized carbons (Fsp3) is 0.231. The molecule has 0 bridgehead atoms. The Labute approximate surface area is 88.9 Å². The fourth-order valence-electron chi connectivity index (χ4n) is 1.60. The zero-order valence-electron chi connectivity index (χ0n) is 8.45. The Morgan fingerprint density at radius 2 is 1.57 bits per heavy atom. The van der Waals surface area contributed by atoms with Crippen LogP contribution in [0.2, 0.25) is 0 Å². The summed E-state index contributed by atoms with van der Waals surface area (Å²) in [5, 5.41) is 0.0742. The third kappa shape index (κ3) is 2.56. The van der Waals surface area contributed by atoms with Crippen molar-refractivity contribution < 1.29 is 0 Å². The third-order valence-corrected chi connectivity index (χ3v) is 3.17. The van der Waals surface area contributed by atoms with E-state index in [9.17, 15) is 0 Å². The van der Waals surface area contributed by atoms with E-state index >= 15 is 0 Å². The van der Waals surface area contributed by atoms with Crippen LogP contribution in [0.25, 0.3) is 0 Å². The molecule has 1 heteroatoms. The van der Waals surface area contributed by atoms with Crippen LogP contribution < -0.4 is 0 Å². The highest BCUT2D eigenvalue weighted by Gasteiger charge is 2.23. The van der Waals surface area contributed by atoms with Crippen LogP contribution in [0.4, 0.5) is 0 Å². The van der Waals surface area contributed by atoms with E-state index in [1.165, 1.54) is 5.56 Å². The lowest BCUT2D eigenvalue weighted by atomic mass is 9.91. The van der Waals surface area contributed by atoms with Gasteiger partial charge in [-0.1, -0.05) is 42.5 Å². The molecule has 1 rings (SSSR count). The van der Waals surface area contributed by atoms with Gasteiger partial charge in [-0.2, -0.15) is 0 Å². The molecule has 1 atom stereocenters. The molecular formula is C13H17P. The molecule has 1 aromatic rings. The maximum atomic E-state index is 3.81. The summed E-state index contributed by atoms with van der Waals surface area (Å²) in [6.45, 7) is 7.61. The first-order valence-corrected chi connectivity index (χ1v) is 5.37. The summed E-state index contributed by atoms with van der Waals surface area (Å²) in [6, 6.07) is 10.5. The van der Waals surface area contributed by atoms with E-state index in [4.69, 9.17) is 0 Å². The molecule has 0 N–H and O–H groups in total. The number of hydrogen-bond donors (Lipinski definition) is 0. The zero-order chi connectivity index (χ0) is 10.4. The molecule has 74 valence electrons. The van der Waals surface area contributed by atoms with Crippen molar-refractivity contribution in [3.05, 3.63) is 61.2 Å². The number of hydrogen-bond acceptors (Lipinski definition) is 0. The van der Waals surface area contributed by atoms with Crippen molar-refractivity contribution in [2.24, 2.45) is 0 Å². The minimum Gasteiger partial charge on any atom is -0.126 e. The normalized spacial score (nSPS) is 10.9. The Kier molecular flexibility index (Phi) is 4.10. The van der Waals surface area contributed by atoms with Gasteiger partial charge in [0.25, 0.3) is 0 Å². The highest BCUT2D eigenvalue weighted by Crippen LogP contribution is 2.39. The fourth-order valence-corrected chi connectivity index (χ4v) is 2.13. The minimum absolute atomic E-state index is 0.0742. The molecule has 14 heavy (non-hydrogen) atoms. The molecule has 0 saturated heterocycles. The predicted molar refractivity (Wildman–Crippen MR) is 67.5 cm³/mol. The molecule has 0 spiro atoms. The maximum Gasteiger partial charge on any atom is 0.0166 e. The molecule has 0 fully saturated rings. The van der Waals surface area contributed by atoms with Crippen LogP contribution in [0.15, 0.2) is 55.6 Å². The Bertz CT molecular complexity index is 290. The van der Waals surface area contributed by atoms with Crippen molar-refractivity contribution in [3.8, 4) is 0 Å². The average Bonchev–Trinajstić information content (AvgIpc) is 2.20. The van der Waals surface area contributed by atoms with Gasteiger partial charge < -0.3 is 0 Å². The first-order chi connectivity index (χ1) is 6.73. The van der Waals surface area contributed by atoms with E-state index in [0.29, 0.717) is 0 Å². The van der Waals surface area contributed by atoms with E-state index in [2.05, 4.69) is 46.7 Å². The van der Waals surface area contributed by atoms with Crippen molar-refractivity contribution in [2.75, 3.05) is 0 Å². The summed E-state index contributed by atoms with van der Waals surface area (Å²) in [6.07, 6.45) is 5.83. The quantitative estimate of drug-likeness (QED) is 0.504. The van der Waals surface area contributed by atoms with Gasteiger partial charge in [0.15, 0.2) is 0 Å². The summed E-state index contributed by atoms with van der Waals surface area (Å²) in [5.41, 5.74) is 1.32. The first kappa shape index (κ1) is 11.2. The molecular weight excluding hydrogens is 187 g/mol. The molecule has 0 radical (unpaired) electrons. The smallest absolute Gasteiger partial charge is 0.0166 e. The van der Waals surface area contributed by atoms with Gasteiger partial charge in [0.1, 0.15) is 0 Å². The lowest BCUT2D eigenvalue weighted by Crippen LogP contribution is -2.15. The topological polar surface area (TPSA) is 0 Å². The van der Waals surface area contributed by atoms with Gasteiger partial charge in [0.2, 0.25) is 0 Å². The highest BCUT2D eigenvalue weighted by atomic mass is 31.0.